The predicted octanol–water partition coefficient (Wildman–Crippen LogP) is 1.07. The highest BCUT2D eigenvalue weighted by Crippen LogP contribution is 2.27. The van der Waals surface area contributed by atoms with Crippen molar-refractivity contribution in [3.8, 4) is 11.5 Å². The highest BCUT2D eigenvalue weighted by atomic mass is 16.6. The van der Waals surface area contributed by atoms with E-state index in [1.165, 1.54) is 14.2 Å². The minimum atomic E-state index is -0.667. The van der Waals surface area contributed by atoms with Crippen LogP contribution >= 0.6 is 0 Å². The summed E-state index contributed by atoms with van der Waals surface area (Å²) < 4.78 is 15.3. The van der Waals surface area contributed by atoms with E-state index in [0.717, 1.165) is 0 Å². The first-order chi connectivity index (χ1) is 12.7. The zero-order valence-electron chi connectivity index (χ0n) is 16.3. The Morgan fingerprint density at radius 3 is 2.15 bits per heavy atom. The van der Waals surface area contributed by atoms with Gasteiger partial charge in [-0.25, -0.2) is 4.79 Å². The fraction of sp³-hybridized carbons (Fsp3) is 0.500. The Morgan fingerprint density at radius 1 is 0.926 bits per heavy atom. The van der Waals surface area contributed by atoms with Crippen molar-refractivity contribution in [3.05, 3.63) is 23.8 Å². The quantitative estimate of drug-likeness (QED) is 0.581. The zero-order chi connectivity index (χ0) is 20.4. The molecule has 0 heterocycles. The third-order valence-electron chi connectivity index (χ3n) is 3.17. The van der Waals surface area contributed by atoms with Gasteiger partial charge < -0.3 is 30.2 Å². The third-order valence-corrected chi connectivity index (χ3v) is 3.17. The summed E-state index contributed by atoms with van der Waals surface area (Å²) in [7, 11) is 3.00. The van der Waals surface area contributed by atoms with Crippen LogP contribution in [0.4, 0.5) is 4.79 Å². The van der Waals surface area contributed by atoms with Crippen molar-refractivity contribution in [3.63, 3.8) is 0 Å². The maximum Gasteiger partial charge on any atom is 0.408 e. The van der Waals surface area contributed by atoms with Crippen LogP contribution in [-0.2, 0) is 9.53 Å². The zero-order valence-corrected chi connectivity index (χ0v) is 16.3. The van der Waals surface area contributed by atoms with Gasteiger partial charge in [0, 0.05) is 18.7 Å². The summed E-state index contributed by atoms with van der Waals surface area (Å²) in [5.74, 6) is 0.281. The minimum absolute atomic E-state index is 0.210. The summed E-state index contributed by atoms with van der Waals surface area (Å²) in [6.07, 6.45) is -0.667. The molecule has 3 amide bonds. The number of benzene rings is 1. The van der Waals surface area contributed by atoms with E-state index < -0.39 is 11.7 Å². The lowest BCUT2D eigenvalue weighted by Gasteiger charge is -2.19. The first kappa shape index (κ1) is 22.1. The van der Waals surface area contributed by atoms with Crippen molar-refractivity contribution >= 4 is 17.9 Å². The number of amides is 3. The molecule has 0 unspecified atom stereocenters. The average Bonchev–Trinajstić information content (AvgIpc) is 2.61. The van der Waals surface area contributed by atoms with Crippen molar-refractivity contribution < 1.29 is 28.6 Å². The van der Waals surface area contributed by atoms with Crippen LogP contribution in [0.5, 0.6) is 11.5 Å². The SMILES string of the molecule is COc1ccc(C(=O)NCCNC(=O)CNC(=O)OC(C)(C)C)cc1OC. The molecule has 0 bridgehead atoms. The predicted molar refractivity (Wildman–Crippen MR) is 99.1 cm³/mol. The normalized spacial score (nSPS) is 10.6. The molecule has 0 atom stereocenters. The van der Waals surface area contributed by atoms with Gasteiger partial charge in [-0.2, -0.15) is 0 Å². The second kappa shape index (κ2) is 10.2. The molecule has 0 aliphatic carbocycles. The summed E-state index contributed by atoms with van der Waals surface area (Å²) in [4.78, 5) is 35.2. The van der Waals surface area contributed by atoms with Gasteiger partial charge in [0.25, 0.3) is 5.91 Å². The summed E-state index contributed by atoms with van der Waals surface area (Å²) in [5.41, 5.74) is -0.222. The van der Waals surface area contributed by atoms with E-state index >= 15 is 0 Å². The first-order valence-corrected chi connectivity index (χ1v) is 8.40. The number of hydrogen-bond donors (Lipinski definition) is 3. The number of methoxy groups -OCH3 is 2. The van der Waals surface area contributed by atoms with E-state index in [9.17, 15) is 14.4 Å². The van der Waals surface area contributed by atoms with E-state index in [-0.39, 0.29) is 31.4 Å². The van der Waals surface area contributed by atoms with Crippen LogP contribution in [0.2, 0.25) is 0 Å². The summed E-state index contributed by atoms with van der Waals surface area (Å²) >= 11 is 0. The number of nitrogens with one attached hydrogen (secondary N) is 3. The monoisotopic (exact) mass is 381 g/mol. The molecule has 1 rings (SSSR count). The fourth-order valence-corrected chi connectivity index (χ4v) is 1.99. The van der Waals surface area contributed by atoms with Gasteiger partial charge in [-0.3, -0.25) is 9.59 Å². The molecular formula is C18H27N3O6. The molecule has 9 heteroatoms. The third kappa shape index (κ3) is 8.30. The van der Waals surface area contributed by atoms with Gasteiger partial charge in [0.15, 0.2) is 11.5 Å². The number of carbonyl (C=O) groups excluding carboxylic acids is 3. The van der Waals surface area contributed by atoms with Crippen molar-refractivity contribution in [2.75, 3.05) is 33.9 Å². The summed E-state index contributed by atoms with van der Waals surface area (Å²) in [5, 5.41) is 7.61. The molecule has 0 fully saturated rings. The van der Waals surface area contributed by atoms with Crippen molar-refractivity contribution in [2.24, 2.45) is 0 Å². The highest BCUT2D eigenvalue weighted by molar-refractivity contribution is 5.94. The molecule has 0 saturated carbocycles. The lowest BCUT2D eigenvalue weighted by atomic mass is 10.2. The highest BCUT2D eigenvalue weighted by Gasteiger charge is 2.16. The van der Waals surface area contributed by atoms with Crippen LogP contribution < -0.4 is 25.4 Å². The van der Waals surface area contributed by atoms with Crippen molar-refractivity contribution in [2.45, 2.75) is 26.4 Å². The van der Waals surface area contributed by atoms with Gasteiger partial charge >= 0.3 is 6.09 Å². The molecule has 1 aromatic carbocycles. The topological polar surface area (TPSA) is 115 Å². The smallest absolute Gasteiger partial charge is 0.408 e. The second-order valence-corrected chi connectivity index (χ2v) is 6.53. The van der Waals surface area contributed by atoms with Crippen LogP contribution in [0.25, 0.3) is 0 Å². The van der Waals surface area contributed by atoms with Crippen molar-refractivity contribution in [1.82, 2.24) is 16.0 Å². The average molecular weight is 381 g/mol. The molecule has 0 aliphatic rings. The standard InChI is InChI=1S/C18H27N3O6/c1-18(2,3)27-17(24)21-11-15(22)19-8-9-20-16(23)12-6-7-13(25-4)14(10-12)26-5/h6-7,10H,8-9,11H2,1-5H3,(H,19,22)(H,20,23)(H,21,24). The Hall–Kier alpha value is -2.97. The van der Waals surface area contributed by atoms with Gasteiger partial charge in [-0.15, -0.1) is 0 Å². The van der Waals surface area contributed by atoms with Gasteiger partial charge in [0.2, 0.25) is 5.91 Å². The van der Waals surface area contributed by atoms with Crippen LogP contribution in [-0.4, -0.2) is 57.4 Å². The number of hydrogen-bond acceptors (Lipinski definition) is 6. The lowest BCUT2D eigenvalue weighted by molar-refractivity contribution is -0.120. The molecule has 0 spiro atoms. The molecule has 9 nitrogen and oxygen atoms in total. The van der Waals surface area contributed by atoms with Crippen LogP contribution in [0, 0.1) is 0 Å². The van der Waals surface area contributed by atoms with E-state index in [1.807, 2.05) is 0 Å². The van der Waals surface area contributed by atoms with Crippen molar-refractivity contribution in [1.29, 1.82) is 0 Å². The van der Waals surface area contributed by atoms with Gasteiger partial charge in [-0.1, -0.05) is 0 Å². The Balaban J connectivity index is 2.32. The number of carbonyl (C=O) groups is 3. The minimum Gasteiger partial charge on any atom is -0.493 e. The molecular weight excluding hydrogens is 354 g/mol. The lowest BCUT2D eigenvalue weighted by Crippen LogP contribution is -2.42. The van der Waals surface area contributed by atoms with Gasteiger partial charge in [0.05, 0.1) is 20.8 Å². The van der Waals surface area contributed by atoms with Crippen LogP contribution in [0.3, 0.4) is 0 Å². The summed E-state index contributed by atoms with van der Waals surface area (Å²) in [6.45, 7) is 5.42. The van der Waals surface area contributed by atoms with Crippen LogP contribution in [0.1, 0.15) is 31.1 Å². The molecule has 0 saturated heterocycles. The summed E-state index contributed by atoms with van der Waals surface area (Å²) in [6, 6.07) is 4.81. The van der Waals surface area contributed by atoms with Crippen LogP contribution in [0.15, 0.2) is 18.2 Å². The Kier molecular flexibility index (Phi) is 8.37. The maximum absolute atomic E-state index is 12.1. The molecule has 0 radical (unpaired) electrons. The van der Waals surface area contributed by atoms with E-state index in [4.69, 9.17) is 14.2 Å². The number of rotatable bonds is 8. The van der Waals surface area contributed by atoms with E-state index in [0.29, 0.717) is 17.1 Å². The molecule has 150 valence electrons. The Labute approximate surface area is 158 Å². The largest absolute Gasteiger partial charge is 0.493 e. The molecule has 27 heavy (non-hydrogen) atoms. The fourth-order valence-electron chi connectivity index (χ4n) is 1.99. The molecule has 0 aromatic heterocycles. The maximum atomic E-state index is 12.1. The Bertz CT molecular complexity index is 670. The van der Waals surface area contributed by atoms with E-state index in [1.54, 1.807) is 39.0 Å². The number of alkyl carbamates (subject to hydrolysis) is 1. The number of ether oxygens (including phenoxy) is 3. The van der Waals surface area contributed by atoms with Gasteiger partial charge in [-0.05, 0) is 39.0 Å². The van der Waals surface area contributed by atoms with E-state index in [2.05, 4.69) is 16.0 Å². The molecule has 3 N–H and O–H groups in total. The molecule has 0 aliphatic heterocycles. The first-order valence-electron chi connectivity index (χ1n) is 8.40. The van der Waals surface area contributed by atoms with Gasteiger partial charge in [0.1, 0.15) is 5.60 Å². The Morgan fingerprint density at radius 2 is 1.56 bits per heavy atom. The molecule has 1 aromatic rings. The second-order valence-electron chi connectivity index (χ2n) is 6.53.